The summed E-state index contributed by atoms with van der Waals surface area (Å²) in [7, 11) is 0. The van der Waals surface area contributed by atoms with E-state index in [1.165, 1.54) is 6.07 Å². The largest absolute Gasteiger partial charge is 0.307 e. The van der Waals surface area contributed by atoms with Crippen molar-refractivity contribution < 1.29 is 4.39 Å². The summed E-state index contributed by atoms with van der Waals surface area (Å²) >= 11 is 0. The predicted octanol–water partition coefficient (Wildman–Crippen LogP) is 3.36. The molecule has 0 heterocycles. The second-order valence-electron chi connectivity index (χ2n) is 3.84. The van der Waals surface area contributed by atoms with Crippen LogP contribution in [0.4, 0.5) is 4.39 Å². The van der Waals surface area contributed by atoms with E-state index < -0.39 is 0 Å². The maximum atomic E-state index is 13.2. The van der Waals surface area contributed by atoms with Gasteiger partial charge in [0.1, 0.15) is 5.82 Å². The lowest BCUT2D eigenvalue weighted by Crippen LogP contribution is -2.22. The second-order valence-corrected chi connectivity index (χ2v) is 3.84. The SMILES string of the molecule is C=C(C)C(NCC)c1cc(F)ccc1C. The van der Waals surface area contributed by atoms with Gasteiger partial charge in [-0.3, -0.25) is 0 Å². The van der Waals surface area contributed by atoms with E-state index in [2.05, 4.69) is 11.9 Å². The monoisotopic (exact) mass is 207 g/mol. The molecule has 1 atom stereocenters. The molecule has 0 radical (unpaired) electrons. The first-order valence-corrected chi connectivity index (χ1v) is 5.21. The third-order valence-corrected chi connectivity index (χ3v) is 2.45. The van der Waals surface area contributed by atoms with Gasteiger partial charge in [-0.1, -0.05) is 25.1 Å². The maximum absolute atomic E-state index is 13.2. The molecule has 1 rings (SSSR count). The molecular formula is C13H18FN. The molecule has 1 unspecified atom stereocenters. The smallest absolute Gasteiger partial charge is 0.123 e. The molecule has 0 aliphatic carbocycles. The van der Waals surface area contributed by atoms with Crippen LogP contribution in [0.25, 0.3) is 0 Å². The topological polar surface area (TPSA) is 12.0 Å². The molecule has 0 bridgehead atoms. The average molecular weight is 207 g/mol. The van der Waals surface area contributed by atoms with E-state index in [-0.39, 0.29) is 11.9 Å². The molecule has 82 valence electrons. The highest BCUT2D eigenvalue weighted by molar-refractivity contribution is 5.34. The van der Waals surface area contributed by atoms with Gasteiger partial charge in [0.2, 0.25) is 0 Å². The van der Waals surface area contributed by atoms with Gasteiger partial charge in [-0.05, 0) is 43.7 Å². The summed E-state index contributed by atoms with van der Waals surface area (Å²) in [5.74, 6) is -0.195. The Morgan fingerprint density at radius 1 is 1.53 bits per heavy atom. The molecule has 0 aromatic heterocycles. The zero-order valence-corrected chi connectivity index (χ0v) is 9.60. The van der Waals surface area contributed by atoms with Crippen molar-refractivity contribution in [2.24, 2.45) is 0 Å². The Labute approximate surface area is 91.0 Å². The van der Waals surface area contributed by atoms with E-state index in [1.807, 2.05) is 20.8 Å². The Bertz CT molecular complexity index is 358. The Kier molecular flexibility index (Phi) is 4.04. The van der Waals surface area contributed by atoms with Crippen LogP contribution in [0.15, 0.2) is 30.4 Å². The van der Waals surface area contributed by atoms with Crippen molar-refractivity contribution >= 4 is 0 Å². The number of halogens is 1. The summed E-state index contributed by atoms with van der Waals surface area (Å²) in [5, 5.41) is 3.30. The maximum Gasteiger partial charge on any atom is 0.123 e. The van der Waals surface area contributed by atoms with E-state index in [0.29, 0.717) is 0 Å². The van der Waals surface area contributed by atoms with Crippen LogP contribution < -0.4 is 5.32 Å². The molecule has 2 heteroatoms. The Hall–Kier alpha value is -1.15. The van der Waals surface area contributed by atoms with E-state index in [4.69, 9.17) is 0 Å². The number of nitrogens with one attached hydrogen (secondary N) is 1. The first-order chi connectivity index (χ1) is 7.06. The molecule has 1 aromatic rings. The van der Waals surface area contributed by atoms with Gasteiger partial charge in [0.05, 0.1) is 6.04 Å². The van der Waals surface area contributed by atoms with Gasteiger partial charge in [-0.15, -0.1) is 0 Å². The standard InChI is InChI=1S/C13H18FN/c1-5-15-13(9(2)3)12-8-11(14)7-6-10(12)4/h6-8,13,15H,2,5H2,1,3-4H3. The molecule has 0 saturated carbocycles. The summed E-state index contributed by atoms with van der Waals surface area (Å²) in [6.45, 7) is 10.8. The summed E-state index contributed by atoms with van der Waals surface area (Å²) in [4.78, 5) is 0. The molecule has 0 aliphatic heterocycles. The number of rotatable bonds is 4. The molecule has 1 aromatic carbocycles. The number of aryl methyl sites for hydroxylation is 1. The fourth-order valence-corrected chi connectivity index (χ4v) is 1.68. The minimum Gasteiger partial charge on any atom is -0.307 e. The van der Waals surface area contributed by atoms with E-state index >= 15 is 0 Å². The van der Waals surface area contributed by atoms with Gasteiger partial charge in [-0.25, -0.2) is 4.39 Å². The minimum atomic E-state index is -0.195. The average Bonchev–Trinajstić information content (AvgIpc) is 2.18. The van der Waals surface area contributed by atoms with Crippen LogP contribution in [0.2, 0.25) is 0 Å². The molecule has 1 N–H and O–H groups in total. The van der Waals surface area contributed by atoms with E-state index in [9.17, 15) is 4.39 Å². The third kappa shape index (κ3) is 2.90. The summed E-state index contributed by atoms with van der Waals surface area (Å²) in [5.41, 5.74) is 3.07. The number of hydrogen-bond donors (Lipinski definition) is 1. The van der Waals surface area contributed by atoms with Crippen molar-refractivity contribution in [3.8, 4) is 0 Å². The van der Waals surface area contributed by atoms with Crippen molar-refractivity contribution in [3.05, 3.63) is 47.3 Å². The van der Waals surface area contributed by atoms with Crippen molar-refractivity contribution in [2.45, 2.75) is 26.8 Å². The van der Waals surface area contributed by atoms with Gasteiger partial charge in [0.25, 0.3) is 0 Å². The first-order valence-electron chi connectivity index (χ1n) is 5.21. The molecule has 15 heavy (non-hydrogen) atoms. The summed E-state index contributed by atoms with van der Waals surface area (Å²) in [6.07, 6.45) is 0. The van der Waals surface area contributed by atoms with Gasteiger partial charge in [-0.2, -0.15) is 0 Å². The fourth-order valence-electron chi connectivity index (χ4n) is 1.68. The highest BCUT2D eigenvalue weighted by atomic mass is 19.1. The summed E-state index contributed by atoms with van der Waals surface area (Å²) in [6, 6.07) is 4.92. The lowest BCUT2D eigenvalue weighted by Gasteiger charge is -2.20. The Balaban J connectivity index is 3.09. The third-order valence-electron chi connectivity index (χ3n) is 2.45. The van der Waals surface area contributed by atoms with Crippen LogP contribution in [0, 0.1) is 12.7 Å². The van der Waals surface area contributed by atoms with Gasteiger partial charge < -0.3 is 5.32 Å². The van der Waals surface area contributed by atoms with Crippen molar-refractivity contribution in [1.82, 2.24) is 5.32 Å². The lowest BCUT2D eigenvalue weighted by atomic mass is 9.96. The highest BCUT2D eigenvalue weighted by Gasteiger charge is 2.13. The fraction of sp³-hybridized carbons (Fsp3) is 0.385. The molecule has 0 aliphatic rings. The zero-order valence-electron chi connectivity index (χ0n) is 9.60. The van der Waals surface area contributed by atoms with Crippen LogP contribution in [0.5, 0.6) is 0 Å². The van der Waals surface area contributed by atoms with Crippen LogP contribution in [-0.2, 0) is 0 Å². The van der Waals surface area contributed by atoms with Gasteiger partial charge in [0, 0.05) is 0 Å². The second kappa shape index (κ2) is 5.08. The van der Waals surface area contributed by atoms with Gasteiger partial charge in [0.15, 0.2) is 0 Å². The van der Waals surface area contributed by atoms with Crippen LogP contribution in [0.1, 0.15) is 31.0 Å². The van der Waals surface area contributed by atoms with E-state index in [0.717, 1.165) is 23.2 Å². The molecule has 0 spiro atoms. The molecule has 0 saturated heterocycles. The van der Waals surface area contributed by atoms with Gasteiger partial charge >= 0.3 is 0 Å². The predicted molar refractivity (Wildman–Crippen MR) is 62.4 cm³/mol. The Morgan fingerprint density at radius 2 is 2.20 bits per heavy atom. The van der Waals surface area contributed by atoms with Crippen LogP contribution in [0.3, 0.4) is 0 Å². The highest BCUT2D eigenvalue weighted by Crippen LogP contribution is 2.24. The quantitative estimate of drug-likeness (QED) is 0.746. The molecular weight excluding hydrogens is 189 g/mol. The van der Waals surface area contributed by atoms with Crippen LogP contribution in [-0.4, -0.2) is 6.54 Å². The van der Waals surface area contributed by atoms with Crippen molar-refractivity contribution in [3.63, 3.8) is 0 Å². The van der Waals surface area contributed by atoms with E-state index in [1.54, 1.807) is 12.1 Å². The lowest BCUT2D eigenvalue weighted by molar-refractivity contribution is 0.596. The Morgan fingerprint density at radius 3 is 2.73 bits per heavy atom. The number of hydrogen-bond acceptors (Lipinski definition) is 1. The first kappa shape index (κ1) is 11.9. The minimum absolute atomic E-state index is 0.0469. The molecule has 0 amide bonds. The number of benzene rings is 1. The zero-order chi connectivity index (χ0) is 11.4. The van der Waals surface area contributed by atoms with Crippen molar-refractivity contribution in [2.75, 3.05) is 6.54 Å². The summed E-state index contributed by atoms with van der Waals surface area (Å²) < 4.78 is 13.2. The molecule has 1 nitrogen and oxygen atoms in total. The normalized spacial score (nSPS) is 12.5. The number of likely N-dealkylation sites (N-methyl/N-ethyl adjacent to an activating group) is 1. The molecule has 0 fully saturated rings. The van der Waals surface area contributed by atoms with Crippen LogP contribution >= 0.6 is 0 Å². The van der Waals surface area contributed by atoms with Crippen molar-refractivity contribution in [1.29, 1.82) is 0 Å².